The summed E-state index contributed by atoms with van der Waals surface area (Å²) in [6.45, 7) is 6.56. The van der Waals surface area contributed by atoms with Gasteiger partial charge in [0.2, 0.25) is 6.79 Å². The molecule has 0 bridgehead atoms. The first kappa shape index (κ1) is 20.7. The lowest BCUT2D eigenvalue weighted by molar-refractivity contribution is 0.0998. The lowest BCUT2D eigenvalue weighted by Crippen LogP contribution is -2.26. The van der Waals surface area contributed by atoms with E-state index < -0.39 is 5.91 Å². The zero-order valence-electron chi connectivity index (χ0n) is 17.3. The van der Waals surface area contributed by atoms with E-state index in [0.717, 1.165) is 23.0 Å². The molecule has 0 aliphatic carbocycles. The Kier molecular flexibility index (Phi) is 5.32. The van der Waals surface area contributed by atoms with Gasteiger partial charge in [-0.2, -0.15) is 8.75 Å². The van der Waals surface area contributed by atoms with E-state index in [1.165, 1.54) is 6.07 Å². The number of anilines is 3. The largest absolute Gasteiger partial charge is 0.505 e. The minimum Gasteiger partial charge on any atom is -0.505 e. The third kappa shape index (κ3) is 4.19. The summed E-state index contributed by atoms with van der Waals surface area (Å²) in [6.07, 6.45) is 0. The topological polar surface area (TPSA) is 132 Å². The predicted octanol–water partition coefficient (Wildman–Crippen LogP) is 4.01. The summed E-state index contributed by atoms with van der Waals surface area (Å²) in [4.78, 5) is 11.5. The van der Waals surface area contributed by atoms with E-state index >= 15 is 0 Å². The van der Waals surface area contributed by atoms with E-state index in [-0.39, 0.29) is 29.6 Å². The molecule has 10 heteroatoms. The molecule has 1 aromatic heterocycles. The van der Waals surface area contributed by atoms with Crippen LogP contribution >= 0.6 is 11.7 Å². The Morgan fingerprint density at radius 2 is 1.90 bits per heavy atom. The molecule has 5 N–H and O–H groups in total. The van der Waals surface area contributed by atoms with Crippen molar-refractivity contribution in [3.63, 3.8) is 0 Å². The number of aromatic hydroxyl groups is 1. The number of ether oxygens (including phenoxy) is 2. The van der Waals surface area contributed by atoms with Gasteiger partial charge in [-0.15, -0.1) is 0 Å². The monoisotopic (exact) mass is 441 g/mol. The first-order valence-corrected chi connectivity index (χ1v) is 10.3. The fourth-order valence-corrected chi connectivity index (χ4v) is 3.84. The van der Waals surface area contributed by atoms with Crippen molar-refractivity contribution >= 4 is 35.0 Å². The molecule has 1 aliphatic rings. The van der Waals surface area contributed by atoms with Crippen LogP contribution in [-0.2, 0) is 0 Å². The van der Waals surface area contributed by atoms with Crippen LogP contribution in [0.3, 0.4) is 0 Å². The van der Waals surface area contributed by atoms with Gasteiger partial charge in [-0.3, -0.25) is 4.79 Å². The third-order valence-corrected chi connectivity index (χ3v) is 5.45. The van der Waals surface area contributed by atoms with Crippen molar-refractivity contribution in [2.24, 2.45) is 11.1 Å². The van der Waals surface area contributed by atoms with Crippen molar-refractivity contribution < 1.29 is 19.4 Å². The molecular formula is C21H23N5O4S. The highest BCUT2D eigenvalue weighted by Gasteiger charge is 2.30. The number of para-hydroxylation sites is 1. The quantitative estimate of drug-likeness (QED) is 0.422. The number of aromatic nitrogens is 2. The van der Waals surface area contributed by atoms with Gasteiger partial charge in [-0.1, -0.05) is 32.9 Å². The summed E-state index contributed by atoms with van der Waals surface area (Å²) >= 11 is 1.03. The number of carbonyl (C=O) groups is 1. The molecule has 0 unspecified atom stereocenters. The molecule has 0 saturated heterocycles. The van der Waals surface area contributed by atoms with Crippen LogP contribution in [-0.4, -0.2) is 26.6 Å². The van der Waals surface area contributed by atoms with E-state index in [9.17, 15) is 9.90 Å². The molecule has 1 aliphatic heterocycles. The SMILES string of the molecule is CC(C)(C)[C@@H](Nc1nsnc1Nc1cccc(C(N)=O)c1O)c1ccc2c(c1)OCO2. The van der Waals surface area contributed by atoms with Gasteiger partial charge in [0, 0.05) is 0 Å². The fraction of sp³-hybridized carbons (Fsp3) is 0.286. The molecule has 0 saturated carbocycles. The maximum atomic E-state index is 11.5. The highest BCUT2D eigenvalue weighted by Crippen LogP contribution is 2.42. The maximum absolute atomic E-state index is 11.5. The average molecular weight is 442 g/mol. The van der Waals surface area contributed by atoms with E-state index in [4.69, 9.17) is 15.2 Å². The predicted molar refractivity (Wildman–Crippen MR) is 118 cm³/mol. The average Bonchev–Trinajstić information content (AvgIpc) is 3.35. The number of phenols is 1. The molecule has 2 aromatic carbocycles. The summed E-state index contributed by atoms with van der Waals surface area (Å²) in [7, 11) is 0. The lowest BCUT2D eigenvalue weighted by Gasteiger charge is -2.32. The van der Waals surface area contributed by atoms with Crippen molar-refractivity contribution in [3.8, 4) is 17.2 Å². The first-order chi connectivity index (χ1) is 14.7. The van der Waals surface area contributed by atoms with Crippen LogP contribution in [0.2, 0.25) is 0 Å². The molecule has 4 rings (SSSR count). The molecule has 0 fully saturated rings. The van der Waals surface area contributed by atoms with Gasteiger partial charge in [0.15, 0.2) is 28.9 Å². The second kappa shape index (κ2) is 7.95. The van der Waals surface area contributed by atoms with Gasteiger partial charge < -0.3 is 30.9 Å². The van der Waals surface area contributed by atoms with E-state index in [1.807, 2.05) is 18.2 Å². The summed E-state index contributed by atoms with van der Waals surface area (Å²) in [5, 5.41) is 16.9. The van der Waals surface area contributed by atoms with Crippen LogP contribution < -0.4 is 25.8 Å². The second-order valence-corrected chi connectivity index (χ2v) is 8.74. The maximum Gasteiger partial charge on any atom is 0.252 e. The minimum absolute atomic E-state index is 0.0237. The Balaban J connectivity index is 1.63. The van der Waals surface area contributed by atoms with Crippen LogP contribution in [0.15, 0.2) is 36.4 Å². The molecule has 0 radical (unpaired) electrons. The van der Waals surface area contributed by atoms with Crippen LogP contribution in [0.25, 0.3) is 0 Å². The number of nitrogens with one attached hydrogen (secondary N) is 2. The summed E-state index contributed by atoms with van der Waals surface area (Å²) in [5.41, 5.74) is 6.48. The lowest BCUT2D eigenvalue weighted by atomic mass is 9.82. The van der Waals surface area contributed by atoms with Gasteiger partial charge in [-0.05, 0) is 35.2 Å². The Hall–Kier alpha value is -3.53. The number of hydrogen-bond donors (Lipinski definition) is 4. The van der Waals surface area contributed by atoms with Crippen molar-refractivity contribution in [2.75, 3.05) is 17.4 Å². The Morgan fingerprint density at radius 1 is 1.16 bits per heavy atom. The van der Waals surface area contributed by atoms with Crippen molar-refractivity contribution in [1.29, 1.82) is 0 Å². The normalized spacial score (nSPS) is 13.6. The number of nitrogens with two attached hydrogens (primary N) is 1. The van der Waals surface area contributed by atoms with Crippen LogP contribution in [0.5, 0.6) is 17.2 Å². The number of rotatable bonds is 6. The highest BCUT2D eigenvalue weighted by molar-refractivity contribution is 6.99. The number of amides is 1. The zero-order valence-corrected chi connectivity index (χ0v) is 18.1. The van der Waals surface area contributed by atoms with Gasteiger partial charge in [-0.25, -0.2) is 0 Å². The first-order valence-electron chi connectivity index (χ1n) is 9.61. The van der Waals surface area contributed by atoms with Crippen molar-refractivity contribution in [1.82, 2.24) is 8.75 Å². The van der Waals surface area contributed by atoms with Gasteiger partial charge in [0.1, 0.15) is 0 Å². The summed E-state index contributed by atoms with van der Waals surface area (Å²) in [5.74, 6) is 1.42. The smallest absolute Gasteiger partial charge is 0.252 e. The molecular weight excluding hydrogens is 418 g/mol. The van der Waals surface area contributed by atoms with Gasteiger partial charge in [0.25, 0.3) is 5.91 Å². The number of fused-ring (bicyclic) bond motifs is 1. The number of hydrogen-bond acceptors (Lipinski definition) is 9. The molecule has 3 aromatic rings. The Morgan fingerprint density at radius 3 is 2.65 bits per heavy atom. The van der Waals surface area contributed by atoms with E-state index in [2.05, 4.69) is 40.2 Å². The van der Waals surface area contributed by atoms with Crippen molar-refractivity contribution in [2.45, 2.75) is 26.8 Å². The number of carbonyl (C=O) groups excluding carboxylic acids is 1. The van der Waals surface area contributed by atoms with Crippen LogP contribution in [0.1, 0.15) is 42.7 Å². The molecule has 31 heavy (non-hydrogen) atoms. The van der Waals surface area contributed by atoms with E-state index in [1.54, 1.807) is 12.1 Å². The van der Waals surface area contributed by atoms with Gasteiger partial charge in [0.05, 0.1) is 29.0 Å². The second-order valence-electron chi connectivity index (χ2n) is 8.21. The number of benzene rings is 2. The molecule has 162 valence electrons. The van der Waals surface area contributed by atoms with Crippen molar-refractivity contribution in [3.05, 3.63) is 47.5 Å². The van der Waals surface area contributed by atoms with Crippen LogP contribution in [0.4, 0.5) is 17.3 Å². The van der Waals surface area contributed by atoms with E-state index in [0.29, 0.717) is 23.1 Å². The fourth-order valence-electron chi connectivity index (χ4n) is 3.37. The molecule has 9 nitrogen and oxygen atoms in total. The third-order valence-electron chi connectivity index (χ3n) is 4.92. The highest BCUT2D eigenvalue weighted by atomic mass is 32.1. The molecule has 0 spiro atoms. The zero-order chi connectivity index (χ0) is 22.2. The molecule has 1 atom stereocenters. The standard InChI is InChI=1S/C21H23N5O4S/c1-21(2,3)17(11-7-8-14-15(9-11)30-10-29-14)24-20-19(25-31-26-20)23-13-6-4-5-12(16(13)27)18(22)28/h4-9,17,27H,10H2,1-3H3,(H2,22,28)(H,23,25)(H,24,26)/t17-/m0/s1. The Bertz CT molecular complexity index is 1130. The molecule has 1 amide bonds. The number of nitrogens with zero attached hydrogens (tertiary/aromatic N) is 2. The number of primary amides is 1. The van der Waals surface area contributed by atoms with Crippen LogP contribution in [0, 0.1) is 5.41 Å². The van der Waals surface area contributed by atoms with Gasteiger partial charge >= 0.3 is 0 Å². The summed E-state index contributed by atoms with van der Waals surface area (Å²) < 4.78 is 19.6. The summed E-state index contributed by atoms with van der Waals surface area (Å²) in [6, 6.07) is 10.4. The minimum atomic E-state index is -0.716. The Labute approximate surface area is 183 Å². The molecule has 2 heterocycles.